The lowest BCUT2D eigenvalue weighted by Crippen LogP contribution is -2.32. The summed E-state index contributed by atoms with van der Waals surface area (Å²) in [6.45, 7) is 0.0655. The van der Waals surface area contributed by atoms with Crippen molar-refractivity contribution in [2.45, 2.75) is 30.9 Å². The number of anilines is 1. The van der Waals surface area contributed by atoms with E-state index in [9.17, 15) is 18.0 Å². The number of carbonyl (C=O) groups excluding carboxylic acids is 1. The topological polar surface area (TPSA) is 118 Å². The molecule has 0 radical (unpaired) electrons. The largest absolute Gasteiger partial charge is 0.481 e. The summed E-state index contributed by atoms with van der Waals surface area (Å²) in [6, 6.07) is 7.10. The standard InChI is InChI=1S/C14H18N2O5S/c15-22(20,21)12-8-13(17)16(9-12)11-6-4-10(5-7-11)2-1-3-14(18)19/h4-7,12H,1-3,8-9H2,(H,18,19)(H2,15,20,21). The molecule has 0 spiro atoms. The summed E-state index contributed by atoms with van der Waals surface area (Å²) in [5, 5.41) is 12.8. The summed E-state index contributed by atoms with van der Waals surface area (Å²) < 4.78 is 22.7. The second kappa shape index (κ2) is 6.45. The van der Waals surface area contributed by atoms with Crippen molar-refractivity contribution in [3.05, 3.63) is 29.8 Å². The van der Waals surface area contributed by atoms with Gasteiger partial charge in [0, 0.05) is 25.1 Å². The molecule has 8 heteroatoms. The molecule has 22 heavy (non-hydrogen) atoms. The zero-order valence-electron chi connectivity index (χ0n) is 11.9. The van der Waals surface area contributed by atoms with E-state index in [1.807, 2.05) is 12.1 Å². The summed E-state index contributed by atoms with van der Waals surface area (Å²) >= 11 is 0. The molecule has 1 heterocycles. The Hall–Kier alpha value is -1.93. The van der Waals surface area contributed by atoms with Crippen molar-refractivity contribution < 1.29 is 23.1 Å². The summed E-state index contributed by atoms with van der Waals surface area (Å²) in [5.41, 5.74) is 1.60. The third-order valence-electron chi connectivity index (χ3n) is 3.66. The molecule has 7 nitrogen and oxygen atoms in total. The smallest absolute Gasteiger partial charge is 0.303 e. The van der Waals surface area contributed by atoms with Gasteiger partial charge in [-0.2, -0.15) is 0 Å². The van der Waals surface area contributed by atoms with Crippen LogP contribution < -0.4 is 10.0 Å². The van der Waals surface area contributed by atoms with Gasteiger partial charge >= 0.3 is 5.97 Å². The van der Waals surface area contributed by atoms with E-state index >= 15 is 0 Å². The molecule has 120 valence electrons. The van der Waals surface area contributed by atoms with Crippen molar-refractivity contribution in [2.24, 2.45) is 5.14 Å². The first-order chi connectivity index (χ1) is 10.3. The Kier molecular flexibility index (Phi) is 4.82. The molecule has 0 saturated carbocycles. The van der Waals surface area contributed by atoms with Gasteiger partial charge in [-0.05, 0) is 30.5 Å². The molecule has 1 atom stereocenters. The predicted octanol–water partition coefficient (Wildman–Crippen LogP) is 0.488. The summed E-state index contributed by atoms with van der Waals surface area (Å²) in [6.07, 6.45) is 1.20. The molecule has 1 fully saturated rings. The van der Waals surface area contributed by atoms with Crippen LogP contribution in [0.4, 0.5) is 5.69 Å². The molecule has 0 bridgehead atoms. The molecule has 1 saturated heterocycles. The van der Waals surface area contributed by atoms with Crippen LogP contribution in [0.2, 0.25) is 0 Å². The molecule has 1 aliphatic rings. The molecular formula is C14H18N2O5S. The molecule has 1 amide bonds. The number of sulfonamides is 1. The van der Waals surface area contributed by atoms with Gasteiger partial charge < -0.3 is 10.0 Å². The average molecular weight is 326 g/mol. The molecule has 3 N–H and O–H groups in total. The zero-order chi connectivity index (χ0) is 16.3. The van der Waals surface area contributed by atoms with Crippen LogP contribution in [0.5, 0.6) is 0 Å². The molecule has 1 unspecified atom stereocenters. The maximum atomic E-state index is 11.9. The third kappa shape index (κ3) is 4.05. The van der Waals surface area contributed by atoms with Crippen LogP contribution in [0.25, 0.3) is 0 Å². The fourth-order valence-corrected chi connectivity index (χ4v) is 3.16. The molecule has 1 aromatic rings. The second-order valence-electron chi connectivity index (χ2n) is 5.33. The number of nitrogens with zero attached hydrogens (tertiary/aromatic N) is 1. The van der Waals surface area contributed by atoms with Crippen molar-refractivity contribution in [2.75, 3.05) is 11.4 Å². The van der Waals surface area contributed by atoms with Crippen molar-refractivity contribution in [3.63, 3.8) is 0 Å². The number of carboxylic acids is 1. The van der Waals surface area contributed by atoms with Gasteiger partial charge in [0.05, 0.1) is 0 Å². The Morgan fingerprint density at radius 1 is 1.32 bits per heavy atom. The number of rotatable bonds is 6. The highest BCUT2D eigenvalue weighted by Gasteiger charge is 2.37. The summed E-state index contributed by atoms with van der Waals surface area (Å²) in [4.78, 5) is 23.8. The van der Waals surface area contributed by atoms with Crippen LogP contribution in [0.1, 0.15) is 24.8 Å². The number of aryl methyl sites for hydroxylation is 1. The maximum Gasteiger partial charge on any atom is 0.303 e. The first-order valence-electron chi connectivity index (χ1n) is 6.90. The minimum atomic E-state index is -3.72. The quantitative estimate of drug-likeness (QED) is 0.788. The van der Waals surface area contributed by atoms with Crippen molar-refractivity contribution in [1.29, 1.82) is 0 Å². The van der Waals surface area contributed by atoms with Gasteiger partial charge in [-0.25, -0.2) is 13.6 Å². The molecule has 1 aliphatic heterocycles. The lowest BCUT2D eigenvalue weighted by atomic mass is 10.1. The van der Waals surface area contributed by atoms with Crippen LogP contribution in [0, 0.1) is 0 Å². The number of benzene rings is 1. The lowest BCUT2D eigenvalue weighted by molar-refractivity contribution is -0.137. The molecule has 2 rings (SSSR count). The Bertz CT molecular complexity index is 669. The van der Waals surface area contributed by atoms with Gasteiger partial charge in [0.25, 0.3) is 0 Å². The van der Waals surface area contributed by atoms with E-state index in [1.165, 1.54) is 4.90 Å². The van der Waals surface area contributed by atoms with Crippen molar-refractivity contribution in [3.8, 4) is 0 Å². The van der Waals surface area contributed by atoms with Crippen LogP contribution in [-0.4, -0.2) is 37.2 Å². The number of primary sulfonamides is 1. The van der Waals surface area contributed by atoms with Crippen molar-refractivity contribution >= 4 is 27.6 Å². The number of nitrogens with two attached hydrogens (primary N) is 1. The van der Waals surface area contributed by atoms with Crippen LogP contribution in [0.15, 0.2) is 24.3 Å². The normalized spacial score (nSPS) is 18.7. The molecular weight excluding hydrogens is 308 g/mol. The highest BCUT2D eigenvalue weighted by Crippen LogP contribution is 2.24. The first kappa shape index (κ1) is 16.4. The Balaban J connectivity index is 2.01. The number of hydrogen-bond acceptors (Lipinski definition) is 4. The molecule has 0 aliphatic carbocycles. The summed E-state index contributed by atoms with van der Waals surface area (Å²) in [5.74, 6) is -1.09. The minimum Gasteiger partial charge on any atom is -0.481 e. The predicted molar refractivity (Wildman–Crippen MR) is 80.9 cm³/mol. The number of amides is 1. The molecule has 1 aromatic carbocycles. The Labute approximate surface area is 128 Å². The first-order valence-corrected chi connectivity index (χ1v) is 8.51. The van der Waals surface area contributed by atoms with E-state index in [0.29, 0.717) is 18.5 Å². The van der Waals surface area contributed by atoms with E-state index in [-0.39, 0.29) is 25.3 Å². The van der Waals surface area contributed by atoms with E-state index in [4.69, 9.17) is 10.2 Å². The van der Waals surface area contributed by atoms with E-state index < -0.39 is 21.2 Å². The van der Waals surface area contributed by atoms with Crippen LogP contribution in [-0.2, 0) is 26.0 Å². The van der Waals surface area contributed by atoms with Gasteiger partial charge in [-0.1, -0.05) is 12.1 Å². The number of carboxylic acid groups (broad SMARTS) is 1. The van der Waals surface area contributed by atoms with E-state index in [0.717, 1.165) is 5.56 Å². The second-order valence-corrected chi connectivity index (χ2v) is 7.18. The van der Waals surface area contributed by atoms with Gasteiger partial charge in [0.2, 0.25) is 15.9 Å². The summed E-state index contributed by atoms with van der Waals surface area (Å²) in [7, 11) is -3.72. The number of carbonyl (C=O) groups is 2. The lowest BCUT2D eigenvalue weighted by Gasteiger charge is -2.16. The minimum absolute atomic E-state index is 0.0655. The van der Waals surface area contributed by atoms with Gasteiger partial charge in [-0.15, -0.1) is 0 Å². The SMILES string of the molecule is NS(=O)(=O)C1CC(=O)N(c2ccc(CCCC(=O)O)cc2)C1. The highest BCUT2D eigenvalue weighted by molar-refractivity contribution is 7.89. The average Bonchev–Trinajstić information content (AvgIpc) is 2.81. The van der Waals surface area contributed by atoms with Crippen molar-refractivity contribution in [1.82, 2.24) is 0 Å². The molecule has 0 aromatic heterocycles. The van der Waals surface area contributed by atoms with Gasteiger partial charge in [0.15, 0.2) is 0 Å². The third-order valence-corrected chi connectivity index (χ3v) is 4.90. The number of aliphatic carboxylic acids is 1. The Morgan fingerprint density at radius 2 is 1.95 bits per heavy atom. The maximum absolute atomic E-state index is 11.9. The van der Waals surface area contributed by atoms with Crippen LogP contribution >= 0.6 is 0 Å². The van der Waals surface area contributed by atoms with E-state index in [1.54, 1.807) is 12.1 Å². The fraction of sp³-hybridized carbons (Fsp3) is 0.429. The number of hydrogen-bond donors (Lipinski definition) is 2. The zero-order valence-corrected chi connectivity index (χ0v) is 12.8. The van der Waals surface area contributed by atoms with Gasteiger partial charge in [-0.3, -0.25) is 9.59 Å². The van der Waals surface area contributed by atoms with E-state index in [2.05, 4.69) is 0 Å². The Morgan fingerprint density at radius 3 is 2.45 bits per heavy atom. The highest BCUT2D eigenvalue weighted by atomic mass is 32.2. The van der Waals surface area contributed by atoms with Crippen LogP contribution in [0.3, 0.4) is 0 Å². The van der Waals surface area contributed by atoms with Gasteiger partial charge in [0.1, 0.15) is 5.25 Å². The fourth-order valence-electron chi connectivity index (χ4n) is 2.43. The monoisotopic (exact) mass is 326 g/mol.